The van der Waals surface area contributed by atoms with Crippen LogP contribution in [0.15, 0.2) is 59.7 Å². The van der Waals surface area contributed by atoms with Crippen molar-refractivity contribution in [2.45, 2.75) is 32.6 Å². The van der Waals surface area contributed by atoms with Gasteiger partial charge in [0, 0.05) is 17.5 Å². The molecular formula is C24H17F6N7O2. The fourth-order valence-corrected chi connectivity index (χ4v) is 3.93. The largest absolute Gasteiger partial charge is 0.522 e. The van der Waals surface area contributed by atoms with Gasteiger partial charge >= 0.3 is 18.2 Å². The second-order valence-electron chi connectivity index (χ2n) is 8.43. The molecule has 0 bridgehead atoms. The van der Waals surface area contributed by atoms with Crippen molar-refractivity contribution in [2.24, 2.45) is 0 Å². The van der Waals surface area contributed by atoms with Gasteiger partial charge in [-0.1, -0.05) is 12.1 Å². The number of pyridine rings is 1. The molecule has 5 rings (SSSR count). The maximum atomic E-state index is 13.0. The zero-order valence-electron chi connectivity index (χ0n) is 19.9. The van der Waals surface area contributed by atoms with E-state index in [4.69, 9.17) is 0 Å². The van der Waals surface area contributed by atoms with E-state index in [-0.39, 0.29) is 29.3 Å². The first kappa shape index (κ1) is 26.1. The molecule has 15 heteroatoms. The monoisotopic (exact) mass is 549 g/mol. The molecule has 0 spiro atoms. The first-order valence-electron chi connectivity index (χ1n) is 11.2. The second-order valence-corrected chi connectivity index (χ2v) is 8.43. The predicted molar refractivity (Wildman–Crippen MR) is 125 cm³/mol. The summed E-state index contributed by atoms with van der Waals surface area (Å²) in [5.74, 6) is 0.0362. The summed E-state index contributed by atoms with van der Waals surface area (Å²) in [4.78, 5) is 27.8. The van der Waals surface area contributed by atoms with Crippen molar-refractivity contribution in [1.29, 1.82) is 0 Å². The second kappa shape index (κ2) is 9.65. The maximum absolute atomic E-state index is 13.0. The molecular weight excluding hydrogens is 532 g/mol. The van der Waals surface area contributed by atoms with Crippen LogP contribution in [0.2, 0.25) is 0 Å². The molecule has 0 unspecified atom stereocenters. The molecule has 4 heterocycles. The van der Waals surface area contributed by atoms with E-state index in [1.807, 2.05) is 0 Å². The van der Waals surface area contributed by atoms with Crippen LogP contribution in [0.3, 0.4) is 0 Å². The van der Waals surface area contributed by atoms with Gasteiger partial charge in [-0.15, -0.1) is 13.2 Å². The van der Waals surface area contributed by atoms with E-state index < -0.39 is 30.5 Å². The van der Waals surface area contributed by atoms with E-state index in [0.29, 0.717) is 22.5 Å². The minimum absolute atomic E-state index is 0.0362. The lowest BCUT2D eigenvalue weighted by Crippen LogP contribution is -2.18. The summed E-state index contributed by atoms with van der Waals surface area (Å²) < 4.78 is 83.1. The van der Waals surface area contributed by atoms with Gasteiger partial charge in [0.15, 0.2) is 17.2 Å². The average molecular weight is 549 g/mol. The summed E-state index contributed by atoms with van der Waals surface area (Å²) >= 11 is 0. The summed E-state index contributed by atoms with van der Waals surface area (Å²) in [6.07, 6.45) is -6.79. The number of aryl methyl sites for hydroxylation is 1. The molecule has 1 N–H and O–H groups in total. The normalized spacial score (nSPS) is 12.4. The molecule has 0 radical (unpaired) electrons. The summed E-state index contributed by atoms with van der Waals surface area (Å²) in [7, 11) is 0. The summed E-state index contributed by atoms with van der Waals surface area (Å²) in [5, 5.41) is 3.62. The summed E-state index contributed by atoms with van der Waals surface area (Å²) in [6, 6.07) is 10.3. The van der Waals surface area contributed by atoms with Gasteiger partial charge in [-0.2, -0.15) is 18.3 Å². The highest BCUT2D eigenvalue weighted by Gasteiger charge is 2.34. The Bertz CT molecular complexity index is 1700. The third kappa shape index (κ3) is 5.52. The van der Waals surface area contributed by atoms with Crippen LogP contribution in [0.25, 0.3) is 28.2 Å². The van der Waals surface area contributed by atoms with Crippen molar-refractivity contribution in [2.75, 3.05) is 0 Å². The van der Waals surface area contributed by atoms with Crippen LogP contribution in [0, 0.1) is 6.92 Å². The van der Waals surface area contributed by atoms with E-state index in [1.54, 1.807) is 24.3 Å². The zero-order chi connectivity index (χ0) is 27.9. The van der Waals surface area contributed by atoms with Gasteiger partial charge in [0.2, 0.25) is 0 Å². The molecule has 202 valence electrons. The molecule has 1 aromatic carbocycles. The minimum atomic E-state index is -4.85. The molecule has 5 aromatic rings. The van der Waals surface area contributed by atoms with E-state index in [2.05, 4.69) is 29.8 Å². The number of nitrogens with zero attached hydrogens (tertiary/aromatic N) is 6. The van der Waals surface area contributed by atoms with Crippen LogP contribution in [0.5, 0.6) is 0 Å². The van der Waals surface area contributed by atoms with Gasteiger partial charge in [-0.3, -0.25) is 14.3 Å². The number of hydrogen-bond donors (Lipinski definition) is 1. The fourth-order valence-electron chi connectivity index (χ4n) is 3.93. The Labute approximate surface area is 214 Å². The van der Waals surface area contributed by atoms with Crippen LogP contribution < -0.4 is 5.69 Å². The number of ether oxygens (including phenoxy) is 1. The van der Waals surface area contributed by atoms with Crippen molar-refractivity contribution in [1.82, 2.24) is 34.3 Å². The van der Waals surface area contributed by atoms with E-state index >= 15 is 0 Å². The van der Waals surface area contributed by atoms with Crippen LogP contribution in [0.1, 0.15) is 22.6 Å². The zero-order valence-corrected chi connectivity index (χ0v) is 19.9. The van der Waals surface area contributed by atoms with Gasteiger partial charge in [-0.25, -0.2) is 19.4 Å². The molecule has 0 saturated heterocycles. The maximum Gasteiger partial charge on any atom is 0.522 e. The van der Waals surface area contributed by atoms with Crippen molar-refractivity contribution in [3.63, 3.8) is 0 Å². The Morgan fingerprint density at radius 3 is 2.44 bits per heavy atom. The number of H-pyrrole nitrogens is 1. The molecule has 0 fully saturated rings. The highest BCUT2D eigenvalue weighted by molar-refractivity contribution is 5.73. The number of aromatic nitrogens is 7. The fraction of sp³-hybridized carbons (Fsp3) is 0.208. The molecule has 0 atom stereocenters. The molecule has 9 nitrogen and oxygen atoms in total. The van der Waals surface area contributed by atoms with E-state index in [1.165, 1.54) is 36.0 Å². The number of nitrogens with one attached hydrogen (secondary N) is 1. The first-order chi connectivity index (χ1) is 18.4. The molecule has 0 aliphatic carbocycles. The standard InChI is InChI=1S/C24H17F6N7O2/c1-13-9-19(23(25,26)27)35-37(13)15-6-4-14(5-7-15)11-36-21-17(33-22(36)38)10-32-20(34-21)16-3-2-8-31-18(16)12-39-24(28,29)30/h2-10H,11-12H2,1H3,(H,33,38). The Kier molecular flexibility index (Phi) is 6.46. The lowest BCUT2D eigenvalue weighted by molar-refractivity contribution is -0.330. The molecule has 4 aromatic heterocycles. The molecule has 0 aliphatic heterocycles. The first-order valence-corrected chi connectivity index (χ1v) is 11.2. The van der Waals surface area contributed by atoms with E-state index in [0.717, 1.165) is 10.7 Å². The number of rotatable bonds is 6. The topological polar surface area (TPSA) is 104 Å². The molecule has 0 saturated carbocycles. The van der Waals surface area contributed by atoms with Gasteiger partial charge < -0.3 is 4.98 Å². The number of hydrogen-bond acceptors (Lipinski definition) is 6. The minimum Gasteiger partial charge on any atom is -0.303 e. The Hall–Kier alpha value is -4.53. The van der Waals surface area contributed by atoms with Crippen molar-refractivity contribution >= 4 is 11.2 Å². The van der Waals surface area contributed by atoms with E-state index in [9.17, 15) is 31.1 Å². The Balaban J connectivity index is 1.45. The van der Waals surface area contributed by atoms with Gasteiger partial charge in [0.25, 0.3) is 0 Å². The van der Waals surface area contributed by atoms with Crippen LogP contribution >= 0.6 is 0 Å². The number of alkyl halides is 6. The predicted octanol–water partition coefficient (Wildman–Crippen LogP) is 4.78. The Morgan fingerprint density at radius 1 is 1.03 bits per heavy atom. The number of aromatic amines is 1. The summed E-state index contributed by atoms with van der Waals surface area (Å²) in [5.41, 5.74) is 0.441. The SMILES string of the molecule is Cc1cc(C(F)(F)F)nn1-c1ccc(Cn2c(=O)[nH]c3cnc(-c4cccnc4COC(F)(F)F)nc32)cc1. The van der Waals surface area contributed by atoms with Crippen molar-refractivity contribution < 1.29 is 31.1 Å². The number of halogens is 6. The van der Waals surface area contributed by atoms with Gasteiger partial charge in [0.05, 0.1) is 30.7 Å². The number of imidazole rings is 1. The third-order valence-electron chi connectivity index (χ3n) is 5.71. The van der Waals surface area contributed by atoms with Gasteiger partial charge in [-0.05, 0) is 42.8 Å². The van der Waals surface area contributed by atoms with Gasteiger partial charge in [0.1, 0.15) is 5.52 Å². The highest BCUT2D eigenvalue weighted by atomic mass is 19.4. The highest BCUT2D eigenvalue weighted by Crippen LogP contribution is 2.29. The number of benzene rings is 1. The van der Waals surface area contributed by atoms with Crippen molar-refractivity contribution in [3.8, 4) is 17.1 Å². The number of fused-ring (bicyclic) bond motifs is 1. The van der Waals surface area contributed by atoms with Crippen molar-refractivity contribution in [3.05, 3.63) is 88.0 Å². The Morgan fingerprint density at radius 2 is 1.77 bits per heavy atom. The third-order valence-corrected chi connectivity index (χ3v) is 5.71. The quantitative estimate of drug-likeness (QED) is 0.306. The van der Waals surface area contributed by atoms with Crippen LogP contribution in [-0.4, -0.2) is 40.6 Å². The lowest BCUT2D eigenvalue weighted by atomic mass is 10.2. The summed E-state index contributed by atoms with van der Waals surface area (Å²) in [6.45, 7) is 0.688. The van der Waals surface area contributed by atoms with Crippen LogP contribution in [-0.2, 0) is 24.1 Å². The molecule has 39 heavy (non-hydrogen) atoms. The van der Waals surface area contributed by atoms with Crippen LogP contribution in [0.4, 0.5) is 26.3 Å². The lowest BCUT2D eigenvalue weighted by Gasteiger charge is -2.10. The average Bonchev–Trinajstić information content (AvgIpc) is 3.42. The molecule has 0 aliphatic rings. The smallest absolute Gasteiger partial charge is 0.303 e. The molecule has 0 amide bonds.